The molecule has 8 heteroatoms. The molecule has 2 aromatic rings. The third kappa shape index (κ3) is 4.59. The van der Waals surface area contributed by atoms with Crippen LogP contribution in [0.5, 0.6) is 11.5 Å². The molecule has 124 valence electrons. The molecule has 0 radical (unpaired) electrons. The Morgan fingerprint density at radius 1 is 1.35 bits per heavy atom. The summed E-state index contributed by atoms with van der Waals surface area (Å²) in [6, 6.07) is 5.03. The first-order chi connectivity index (χ1) is 11.1. The summed E-state index contributed by atoms with van der Waals surface area (Å²) in [7, 11) is 3.07. The van der Waals surface area contributed by atoms with E-state index in [-0.39, 0.29) is 5.91 Å². The third-order valence-corrected chi connectivity index (χ3v) is 5.35. The molecule has 1 N–H and O–H groups in total. The minimum absolute atomic E-state index is 0.291. The summed E-state index contributed by atoms with van der Waals surface area (Å²) in [5.74, 6) is 0.780. The fraction of sp³-hybridized carbons (Fsp3) is 0.400. The Hall–Kier alpha value is -1.80. The van der Waals surface area contributed by atoms with Crippen molar-refractivity contribution in [2.45, 2.75) is 29.9 Å². The Bertz CT molecular complexity index is 676. The van der Waals surface area contributed by atoms with Gasteiger partial charge >= 0.3 is 0 Å². The number of carbonyl (C=O) groups is 1. The molecule has 0 bridgehead atoms. The molecule has 0 saturated heterocycles. The predicted molar refractivity (Wildman–Crippen MR) is 93.0 cm³/mol. The van der Waals surface area contributed by atoms with Crippen LogP contribution < -0.4 is 14.8 Å². The number of aromatic nitrogens is 2. The number of methoxy groups -OCH3 is 2. The molecule has 0 aliphatic carbocycles. The van der Waals surface area contributed by atoms with Crippen LogP contribution in [0.15, 0.2) is 22.5 Å². The average molecular weight is 353 g/mol. The molecule has 1 atom stereocenters. The predicted octanol–water partition coefficient (Wildman–Crippen LogP) is 3.70. The molecule has 1 unspecified atom stereocenters. The molecule has 0 aliphatic rings. The van der Waals surface area contributed by atoms with Crippen molar-refractivity contribution < 1.29 is 14.3 Å². The van der Waals surface area contributed by atoms with Crippen molar-refractivity contribution in [1.29, 1.82) is 0 Å². The molecule has 1 aromatic carbocycles. The van der Waals surface area contributed by atoms with Crippen molar-refractivity contribution in [3.8, 4) is 11.5 Å². The Morgan fingerprint density at radius 3 is 2.78 bits per heavy atom. The lowest BCUT2D eigenvalue weighted by Crippen LogP contribution is -2.13. The Morgan fingerprint density at radius 2 is 2.13 bits per heavy atom. The van der Waals surface area contributed by atoms with E-state index in [0.29, 0.717) is 27.4 Å². The first kappa shape index (κ1) is 17.6. The molecular formula is C15H19N3O3S2. The van der Waals surface area contributed by atoms with Crippen molar-refractivity contribution >= 4 is 34.1 Å². The second kappa shape index (κ2) is 8.16. The van der Waals surface area contributed by atoms with Crippen LogP contribution in [0.4, 0.5) is 5.13 Å². The van der Waals surface area contributed by atoms with Crippen molar-refractivity contribution in [2.75, 3.05) is 19.5 Å². The zero-order valence-corrected chi connectivity index (χ0v) is 15.1. The number of rotatable bonds is 7. The largest absolute Gasteiger partial charge is 0.497 e. The first-order valence-electron chi connectivity index (χ1n) is 7.10. The number of hydrogen-bond donors (Lipinski definition) is 1. The van der Waals surface area contributed by atoms with Crippen LogP contribution in [0.3, 0.4) is 0 Å². The summed E-state index contributed by atoms with van der Waals surface area (Å²) in [6.07, 6.45) is 1.05. The van der Waals surface area contributed by atoms with Crippen LogP contribution in [0, 0.1) is 0 Å². The maximum Gasteiger partial charge on any atom is 0.261 e. The Labute approximate surface area is 143 Å². The van der Waals surface area contributed by atoms with Crippen molar-refractivity contribution in [1.82, 2.24) is 10.2 Å². The highest BCUT2D eigenvalue weighted by atomic mass is 32.2. The van der Waals surface area contributed by atoms with Crippen LogP contribution in [-0.2, 0) is 0 Å². The topological polar surface area (TPSA) is 73.3 Å². The van der Waals surface area contributed by atoms with Gasteiger partial charge in [-0.2, -0.15) is 0 Å². The quantitative estimate of drug-likeness (QED) is 0.604. The summed E-state index contributed by atoms with van der Waals surface area (Å²) < 4.78 is 11.2. The summed E-state index contributed by atoms with van der Waals surface area (Å²) >= 11 is 3.02. The molecule has 1 aromatic heterocycles. The van der Waals surface area contributed by atoms with Crippen molar-refractivity contribution in [3.05, 3.63) is 23.8 Å². The number of nitrogens with zero attached hydrogens (tertiary/aromatic N) is 2. The van der Waals surface area contributed by atoms with E-state index in [2.05, 4.69) is 29.4 Å². The third-order valence-electron chi connectivity index (χ3n) is 3.16. The molecular weight excluding hydrogens is 334 g/mol. The fourth-order valence-corrected chi connectivity index (χ4v) is 3.71. The summed E-state index contributed by atoms with van der Waals surface area (Å²) in [5, 5.41) is 11.8. The minimum atomic E-state index is -0.291. The zero-order valence-electron chi connectivity index (χ0n) is 13.5. The molecule has 1 heterocycles. The average Bonchev–Trinajstić information content (AvgIpc) is 3.00. The van der Waals surface area contributed by atoms with Gasteiger partial charge in [-0.15, -0.1) is 10.2 Å². The van der Waals surface area contributed by atoms with Crippen LogP contribution >= 0.6 is 23.1 Å². The Balaban J connectivity index is 2.10. The maximum atomic E-state index is 12.4. The molecule has 0 aliphatic heterocycles. The van der Waals surface area contributed by atoms with Crippen LogP contribution in [0.25, 0.3) is 0 Å². The molecule has 0 spiro atoms. The summed E-state index contributed by atoms with van der Waals surface area (Å²) in [5.41, 5.74) is 0.416. The number of thioether (sulfide) groups is 1. The first-order valence-corrected chi connectivity index (χ1v) is 8.80. The van der Waals surface area contributed by atoms with E-state index in [4.69, 9.17) is 9.47 Å². The normalized spacial score (nSPS) is 11.8. The number of hydrogen-bond acceptors (Lipinski definition) is 7. The van der Waals surface area contributed by atoms with E-state index in [0.717, 1.165) is 10.8 Å². The highest BCUT2D eigenvalue weighted by Gasteiger charge is 2.16. The lowest BCUT2D eigenvalue weighted by atomic mass is 10.2. The monoisotopic (exact) mass is 353 g/mol. The van der Waals surface area contributed by atoms with Gasteiger partial charge in [-0.1, -0.05) is 36.9 Å². The van der Waals surface area contributed by atoms with Gasteiger partial charge in [0.05, 0.1) is 19.8 Å². The minimum Gasteiger partial charge on any atom is -0.497 e. The van der Waals surface area contributed by atoms with Crippen LogP contribution in [0.1, 0.15) is 30.6 Å². The van der Waals surface area contributed by atoms with Gasteiger partial charge in [0, 0.05) is 11.3 Å². The molecule has 1 amide bonds. The van der Waals surface area contributed by atoms with Gasteiger partial charge in [0.1, 0.15) is 11.5 Å². The number of ether oxygens (including phenoxy) is 2. The summed E-state index contributed by atoms with van der Waals surface area (Å²) in [6.45, 7) is 4.25. The molecule has 0 saturated carbocycles. The second-order valence-electron chi connectivity index (χ2n) is 4.73. The molecule has 23 heavy (non-hydrogen) atoms. The lowest BCUT2D eigenvalue weighted by Gasteiger charge is -2.09. The van der Waals surface area contributed by atoms with Gasteiger partial charge in [0.2, 0.25) is 5.13 Å². The van der Waals surface area contributed by atoms with Crippen LogP contribution in [-0.4, -0.2) is 35.6 Å². The second-order valence-corrected chi connectivity index (χ2v) is 7.39. The van der Waals surface area contributed by atoms with Gasteiger partial charge in [-0.3, -0.25) is 10.1 Å². The number of carbonyl (C=O) groups excluding carboxylic acids is 1. The van der Waals surface area contributed by atoms with E-state index in [1.807, 2.05) is 0 Å². The lowest BCUT2D eigenvalue weighted by molar-refractivity contribution is 0.102. The standard InChI is InChI=1S/C15H19N3O3S2/c1-5-9(2)22-15-18-17-14(23-15)16-13(19)11-7-6-10(20-3)8-12(11)21-4/h6-9H,5H2,1-4H3,(H,16,17,19). The van der Waals surface area contributed by atoms with Gasteiger partial charge in [-0.05, 0) is 18.6 Å². The highest BCUT2D eigenvalue weighted by molar-refractivity contribution is 8.01. The fourth-order valence-electron chi connectivity index (χ4n) is 1.71. The van der Waals surface area contributed by atoms with E-state index in [9.17, 15) is 4.79 Å². The molecule has 2 rings (SSSR count). The highest BCUT2D eigenvalue weighted by Crippen LogP contribution is 2.31. The maximum absolute atomic E-state index is 12.4. The van der Waals surface area contributed by atoms with Gasteiger partial charge in [0.25, 0.3) is 5.91 Å². The Kier molecular flexibility index (Phi) is 6.23. The van der Waals surface area contributed by atoms with Gasteiger partial charge < -0.3 is 9.47 Å². The number of nitrogens with one attached hydrogen (secondary N) is 1. The van der Waals surface area contributed by atoms with E-state index < -0.39 is 0 Å². The molecule has 0 fully saturated rings. The number of amides is 1. The van der Waals surface area contributed by atoms with Crippen molar-refractivity contribution in [2.24, 2.45) is 0 Å². The van der Waals surface area contributed by atoms with E-state index in [1.165, 1.54) is 18.4 Å². The molecule has 6 nitrogen and oxygen atoms in total. The SMILES string of the molecule is CCC(C)Sc1nnc(NC(=O)c2ccc(OC)cc2OC)s1. The van der Waals surface area contributed by atoms with Crippen molar-refractivity contribution in [3.63, 3.8) is 0 Å². The van der Waals surface area contributed by atoms with E-state index >= 15 is 0 Å². The summed E-state index contributed by atoms with van der Waals surface area (Å²) in [4.78, 5) is 12.4. The van der Waals surface area contributed by atoms with Crippen LogP contribution in [0.2, 0.25) is 0 Å². The smallest absolute Gasteiger partial charge is 0.261 e. The van der Waals surface area contributed by atoms with E-state index in [1.54, 1.807) is 37.1 Å². The number of anilines is 1. The van der Waals surface area contributed by atoms with Gasteiger partial charge in [0.15, 0.2) is 4.34 Å². The zero-order chi connectivity index (χ0) is 16.8. The van der Waals surface area contributed by atoms with Gasteiger partial charge in [-0.25, -0.2) is 0 Å². The number of benzene rings is 1.